The van der Waals surface area contributed by atoms with Gasteiger partial charge in [-0.3, -0.25) is 9.48 Å². The normalized spacial score (nSPS) is 11.3. The van der Waals surface area contributed by atoms with E-state index in [0.29, 0.717) is 15.9 Å². The number of ether oxygens (including phenoxy) is 1. The maximum absolute atomic E-state index is 13.5. The predicted molar refractivity (Wildman–Crippen MR) is 95.7 cm³/mol. The van der Waals surface area contributed by atoms with Crippen molar-refractivity contribution in [2.75, 3.05) is 11.9 Å². The van der Waals surface area contributed by atoms with Gasteiger partial charge in [-0.2, -0.15) is 23.4 Å². The molecule has 0 spiro atoms. The maximum Gasteiger partial charge on any atom is 0.434 e. The van der Waals surface area contributed by atoms with Gasteiger partial charge in [0.15, 0.2) is 5.69 Å². The molecule has 0 saturated heterocycles. The molecule has 8 nitrogen and oxygen atoms in total. The van der Waals surface area contributed by atoms with Crippen LogP contribution in [0.5, 0.6) is 0 Å². The Hall–Kier alpha value is -3.63. The number of benzene rings is 1. The third-order valence-corrected chi connectivity index (χ3v) is 3.87. The molecule has 0 radical (unpaired) electrons. The summed E-state index contributed by atoms with van der Waals surface area (Å²) < 4.78 is 47.4. The molecule has 2 heterocycles. The molecule has 1 amide bonds. The molecular weight excluding hydrogens is 391 g/mol. The van der Waals surface area contributed by atoms with Gasteiger partial charge in [0, 0.05) is 18.9 Å². The second-order valence-corrected chi connectivity index (χ2v) is 5.94. The molecule has 0 atom stereocenters. The molecule has 152 valence electrons. The highest BCUT2D eigenvalue weighted by atomic mass is 19.4. The second kappa shape index (κ2) is 7.78. The lowest BCUT2D eigenvalue weighted by molar-refractivity contribution is -0.143. The van der Waals surface area contributed by atoms with Crippen molar-refractivity contribution in [3.8, 4) is 5.69 Å². The summed E-state index contributed by atoms with van der Waals surface area (Å²) in [6.45, 7) is 1.43. The number of halogens is 3. The van der Waals surface area contributed by atoms with E-state index in [-0.39, 0.29) is 12.3 Å². The molecule has 0 saturated carbocycles. The SMILES string of the molecule is CCOC(=O)c1cnn(-c2ccc(NC(=O)c3cnn(C)c3)cc2)c1C(F)(F)F. The zero-order valence-electron chi connectivity index (χ0n) is 15.4. The number of esters is 1. The summed E-state index contributed by atoms with van der Waals surface area (Å²) >= 11 is 0. The van der Waals surface area contributed by atoms with Crippen LogP contribution in [0, 0.1) is 0 Å². The minimum atomic E-state index is -4.83. The zero-order valence-corrected chi connectivity index (χ0v) is 15.4. The van der Waals surface area contributed by atoms with Crippen LogP contribution in [0.15, 0.2) is 42.9 Å². The van der Waals surface area contributed by atoms with Crippen molar-refractivity contribution >= 4 is 17.6 Å². The Morgan fingerprint density at radius 2 is 1.83 bits per heavy atom. The van der Waals surface area contributed by atoms with Crippen molar-refractivity contribution in [1.82, 2.24) is 19.6 Å². The fraction of sp³-hybridized carbons (Fsp3) is 0.222. The Kier molecular flexibility index (Phi) is 5.39. The number of nitrogens with one attached hydrogen (secondary N) is 1. The highest BCUT2D eigenvalue weighted by Crippen LogP contribution is 2.34. The van der Waals surface area contributed by atoms with E-state index in [9.17, 15) is 22.8 Å². The van der Waals surface area contributed by atoms with Crippen LogP contribution in [-0.4, -0.2) is 38.0 Å². The number of nitrogens with zero attached hydrogens (tertiary/aromatic N) is 4. The minimum Gasteiger partial charge on any atom is -0.462 e. The van der Waals surface area contributed by atoms with Gasteiger partial charge in [-0.1, -0.05) is 0 Å². The van der Waals surface area contributed by atoms with Gasteiger partial charge >= 0.3 is 12.1 Å². The molecule has 2 aromatic heterocycles. The number of carbonyl (C=O) groups is 2. The lowest BCUT2D eigenvalue weighted by Gasteiger charge is -2.13. The molecular formula is C18H16F3N5O3. The number of amides is 1. The lowest BCUT2D eigenvalue weighted by Crippen LogP contribution is -2.18. The van der Waals surface area contributed by atoms with Crippen LogP contribution in [0.1, 0.15) is 33.3 Å². The Morgan fingerprint density at radius 3 is 2.38 bits per heavy atom. The quantitative estimate of drug-likeness (QED) is 0.657. The molecule has 1 aromatic carbocycles. The van der Waals surface area contributed by atoms with Gasteiger partial charge in [-0.25, -0.2) is 9.48 Å². The van der Waals surface area contributed by atoms with Gasteiger partial charge in [0.1, 0.15) is 5.56 Å². The van der Waals surface area contributed by atoms with Gasteiger partial charge in [0.25, 0.3) is 5.91 Å². The Labute approximate surface area is 162 Å². The third-order valence-electron chi connectivity index (χ3n) is 3.87. The highest BCUT2D eigenvalue weighted by molar-refractivity contribution is 6.03. The van der Waals surface area contributed by atoms with Crippen molar-refractivity contribution in [2.24, 2.45) is 7.05 Å². The van der Waals surface area contributed by atoms with E-state index in [1.54, 1.807) is 7.05 Å². The van der Waals surface area contributed by atoms with Crippen molar-refractivity contribution in [3.63, 3.8) is 0 Å². The van der Waals surface area contributed by atoms with Crippen molar-refractivity contribution in [3.05, 3.63) is 59.7 Å². The standard InChI is InChI=1S/C18H16F3N5O3/c1-3-29-17(28)14-9-23-26(15(14)18(19,20)21)13-6-4-12(5-7-13)24-16(27)11-8-22-25(2)10-11/h4-10H,3H2,1-2H3,(H,24,27). The van der Waals surface area contributed by atoms with E-state index in [1.165, 1.54) is 48.3 Å². The van der Waals surface area contributed by atoms with Crippen LogP contribution in [0.25, 0.3) is 5.69 Å². The molecule has 0 fully saturated rings. The van der Waals surface area contributed by atoms with E-state index >= 15 is 0 Å². The fourth-order valence-corrected chi connectivity index (χ4v) is 2.60. The second-order valence-electron chi connectivity index (χ2n) is 5.94. The first kappa shape index (κ1) is 20.1. The molecule has 29 heavy (non-hydrogen) atoms. The molecule has 0 aliphatic heterocycles. The number of aryl methyl sites for hydroxylation is 1. The van der Waals surface area contributed by atoms with E-state index < -0.39 is 29.3 Å². The molecule has 3 rings (SSSR count). The summed E-state index contributed by atoms with van der Waals surface area (Å²) in [7, 11) is 1.67. The first-order valence-electron chi connectivity index (χ1n) is 8.43. The number of hydrogen-bond acceptors (Lipinski definition) is 5. The monoisotopic (exact) mass is 407 g/mol. The highest BCUT2D eigenvalue weighted by Gasteiger charge is 2.41. The Bertz CT molecular complexity index is 1040. The van der Waals surface area contributed by atoms with Crippen LogP contribution in [0.3, 0.4) is 0 Å². The van der Waals surface area contributed by atoms with Crippen molar-refractivity contribution in [1.29, 1.82) is 0 Å². The van der Waals surface area contributed by atoms with E-state index in [4.69, 9.17) is 0 Å². The molecule has 0 aliphatic rings. The molecule has 0 bridgehead atoms. The first-order chi connectivity index (χ1) is 13.7. The summed E-state index contributed by atoms with van der Waals surface area (Å²) in [5.74, 6) is -1.52. The first-order valence-corrected chi connectivity index (χ1v) is 8.43. The molecule has 11 heteroatoms. The van der Waals surface area contributed by atoms with Gasteiger partial charge in [-0.15, -0.1) is 0 Å². The van der Waals surface area contributed by atoms with Gasteiger partial charge in [0.2, 0.25) is 0 Å². The third kappa shape index (κ3) is 4.28. The van der Waals surface area contributed by atoms with Gasteiger partial charge in [-0.05, 0) is 31.2 Å². The average molecular weight is 407 g/mol. The largest absolute Gasteiger partial charge is 0.462 e. The number of aromatic nitrogens is 4. The Morgan fingerprint density at radius 1 is 1.14 bits per heavy atom. The van der Waals surface area contributed by atoms with Crippen LogP contribution in [0.4, 0.5) is 18.9 Å². The van der Waals surface area contributed by atoms with Crippen LogP contribution < -0.4 is 5.32 Å². The maximum atomic E-state index is 13.5. The van der Waals surface area contributed by atoms with Crippen LogP contribution >= 0.6 is 0 Å². The van der Waals surface area contributed by atoms with E-state index in [2.05, 4.69) is 20.3 Å². The molecule has 0 unspecified atom stereocenters. The summed E-state index contributed by atoms with van der Waals surface area (Å²) in [6, 6.07) is 5.54. The molecule has 0 aliphatic carbocycles. The Balaban J connectivity index is 1.88. The lowest BCUT2D eigenvalue weighted by atomic mass is 10.2. The molecule has 1 N–H and O–H groups in total. The number of anilines is 1. The summed E-state index contributed by atoms with van der Waals surface area (Å²) in [4.78, 5) is 24.0. The van der Waals surface area contributed by atoms with E-state index in [1.807, 2.05) is 0 Å². The fourth-order valence-electron chi connectivity index (χ4n) is 2.60. The van der Waals surface area contributed by atoms with Crippen LogP contribution in [0.2, 0.25) is 0 Å². The zero-order chi connectivity index (χ0) is 21.2. The predicted octanol–water partition coefficient (Wildman–Crippen LogP) is 3.05. The van der Waals surface area contributed by atoms with E-state index in [0.717, 1.165) is 6.20 Å². The summed E-state index contributed by atoms with van der Waals surface area (Å²) in [5, 5.41) is 10.2. The van der Waals surface area contributed by atoms with Crippen molar-refractivity contribution < 1.29 is 27.5 Å². The summed E-state index contributed by atoms with van der Waals surface area (Å²) in [6.07, 6.45) is -1.09. The molecule has 3 aromatic rings. The van der Waals surface area contributed by atoms with Crippen LogP contribution in [-0.2, 0) is 18.0 Å². The number of carbonyl (C=O) groups excluding carboxylic acids is 2. The van der Waals surface area contributed by atoms with Gasteiger partial charge in [0.05, 0.1) is 30.3 Å². The number of rotatable bonds is 5. The van der Waals surface area contributed by atoms with Crippen molar-refractivity contribution in [2.45, 2.75) is 13.1 Å². The van der Waals surface area contributed by atoms with Gasteiger partial charge < -0.3 is 10.1 Å². The summed E-state index contributed by atoms with van der Waals surface area (Å²) in [5.41, 5.74) is -1.14. The topological polar surface area (TPSA) is 91.0 Å². The number of alkyl halides is 3. The number of hydrogen-bond donors (Lipinski definition) is 1. The minimum absolute atomic E-state index is 0.0623. The smallest absolute Gasteiger partial charge is 0.434 e. The average Bonchev–Trinajstić information content (AvgIpc) is 3.29.